The van der Waals surface area contributed by atoms with Gasteiger partial charge in [-0.05, 0) is 36.6 Å². The number of methoxy groups -OCH3 is 1. The highest BCUT2D eigenvalue weighted by Gasteiger charge is 2.15. The average Bonchev–Trinajstić information content (AvgIpc) is 2.27. The number of ether oxygens (including phenoxy) is 1. The molecule has 0 aliphatic carbocycles. The first-order valence-corrected chi connectivity index (χ1v) is 5.31. The van der Waals surface area contributed by atoms with Crippen LogP contribution in [-0.2, 0) is 4.74 Å². The van der Waals surface area contributed by atoms with Gasteiger partial charge < -0.3 is 9.84 Å². The minimum Gasteiger partial charge on any atom is -0.465 e. The van der Waals surface area contributed by atoms with E-state index >= 15 is 0 Å². The van der Waals surface area contributed by atoms with Crippen LogP contribution in [-0.4, -0.2) is 24.8 Å². The van der Waals surface area contributed by atoms with Crippen molar-refractivity contribution in [2.24, 2.45) is 0 Å². The fourth-order valence-electron chi connectivity index (χ4n) is 1.83. The van der Waals surface area contributed by atoms with E-state index in [1.54, 1.807) is 0 Å². The van der Waals surface area contributed by atoms with Gasteiger partial charge >= 0.3 is 5.97 Å². The summed E-state index contributed by atoms with van der Waals surface area (Å²) in [5.41, 5.74) is 3.56. The van der Waals surface area contributed by atoms with Crippen molar-refractivity contribution in [1.29, 1.82) is 0 Å². The predicted molar refractivity (Wildman–Crippen MR) is 62.8 cm³/mol. The summed E-state index contributed by atoms with van der Waals surface area (Å²) in [6.45, 7) is 5.87. The Kier molecular flexibility index (Phi) is 4.07. The Morgan fingerprint density at radius 3 is 2.50 bits per heavy atom. The fourth-order valence-corrected chi connectivity index (χ4v) is 1.83. The minimum atomic E-state index is -0.330. The molecule has 0 radical (unpaired) electrons. The molecule has 88 valence electrons. The quantitative estimate of drug-likeness (QED) is 0.797. The zero-order valence-electron chi connectivity index (χ0n) is 10.2. The van der Waals surface area contributed by atoms with Crippen LogP contribution in [0.25, 0.3) is 0 Å². The molecule has 16 heavy (non-hydrogen) atoms. The number of aliphatic hydroxyl groups is 1. The maximum atomic E-state index is 11.5. The van der Waals surface area contributed by atoms with Crippen molar-refractivity contribution in [2.45, 2.75) is 26.7 Å². The lowest BCUT2D eigenvalue weighted by atomic mass is 9.92. The van der Waals surface area contributed by atoms with E-state index in [9.17, 15) is 4.79 Å². The van der Waals surface area contributed by atoms with E-state index in [-0.39, 0.29) is 18.5 Å². The van der Waals surface area contributed by atoms with Crippen LogP contribution in [0.3, 0.4) is 0 Å². The van der Waals surface area contributed by atoms with Crippen molar-refractivity contribution < 1.29 is 14.6 Å². The fraction of sp³-hybridized carbons (Fsp3) is 0.462. The number of rotatable bonds is 3. The molecule has 0 aliphatic rings. The second-order valence-corrected chi connectivity index (χ2v) is 4.10. The molecule has 1 unspecified atom stereocenters. The molecular weight excluding hydrogens is 204 g/mol. The van der Waals surface area contributed by atoms with Crippen LogP contribution in [0.4, 0.5) is 0 Å². The van der Waals surface area contributed by atoms with Crippen molar-refractivity contribution in [2.75, 3.05) is 13.7 Å². The van der Waals surface area contributed by atoms with Gasteiger partial charge in [-0.15, -0.1) is 0 Å². The Morgan fingerprint density at radius 1 is 1.38 bits per heavy atom. The highest BCUT2D eigenvalue weighted by Crippen LogP contribution is 2.23. The van der Waals surface area contributed by atoms with Crippen LogP contribution in [0.1, 0.15) is 39.9 Å². The Balaban J connectivity index is 3.26. The summed E-state index contributed by atoms with van der Waals surface area (Å²) in [6.07, 6.45) is 0. The number of esters is 1. The van der Waals surface area contributed by atoms with Crippen molar-refractivity contribution >= 4 is 5.97 Å². The smallest absolute Gasteiger partial charge is 0.338 e. The lowest BCUT2D eigenvalue weighted by Gasteiger charge is -2.15. The normalized spacial score (nSPS) is 12.3. The van der Waals surface area contributed by atoms with Crippen LogP contribution in [0, 0.1) is 13.8 Å². The number of hydrogen-bond donors (Lipinski definition) is 1. The van der Waals surface area contributed by atoms with E-state index < -0.39 is 0 Å². The molecule has 0 saturated carbocycles. The molecule has 0 amide bonds. The summed E-state index contributed by atoms with van der Waals surface area (Å²) in [4.78, 5) is 11.5. The first-order valence-electron chi connectivity index (χ1n) is 5.31. The average molecular weight is 222 g/mol. The molecule has 0 aromatic heterocycles. The van der Waals surface area contributed by atoms with Crippen molar-refractivity contribution in [3.05, 3.63) is 34.4 Å². The summed E-state index contributed by atoms with van der Waals surface area (Å²) in [7, 11) is 1.37. The van der Waals surface area contributed by atoms with Crippen molar-refractivity contribution in [3.63, 3.8) is 0 Å². The highest BCUT2D eigenvalue weighted by atomic mass is 16.5. The molecule has 1 rings (SSSR count). The first-order chi connectivity index (χ1) is 7.51. The van der Waals surface area contributed by atoms with Crippen molar-refractivity contribution in [3.8, 4) is 0 Å². The minimum absolute atomic E-state index is 0.0315. The van der Waals surface area contributed by atoms with Gasteiger partial charge in [-0.3, -0.25) is 0 Å². The van der Waals surface area contributed by atoms with Gasteiger partial charge in [-0.25, -0.2) is 4.79 Å². The molecule has 1 aromatic carbocycles. The van der Waals surface area contributed by atoms with Gasteiger partial charge in [0.05, 0.1) is 12.7 Å². The third-order valence-electron chi connectivity index (χ3n) is 2.82. The van der Waals surface area contributed by atoms with E-state index in [2.05, 4.69) is 0 Å². The molecule has 3 heteroatoms. The number of aliphatic hydroxyl groups excluding tert-OH is 1. The van der Waals surface area contributed by atoms with Crippen LogP contribution < -0.4 is 0 Å². The second kappa shape index (κ2) is 5.12. The van der Waals surface area contributed by atoms with E-state index in [1.807, 2.05) is 32.9 Å². The molecule has 1 N–H and O–H groups in total. The highest BCUT2D eigenvalue weighted by molar-refractivity contribution is 5.91. The third kappa shape index (κ3) is 2.42. The van der Waals surface area contributed by atoms with E-state index in [1.165, 1.54) is 7.11 Å². The zero-order chi connectivity index (χ0) is 12.3. The molecule has 0 bridgehead atoms. The summed E-state index contributed by atoms with van der Waals surface area (Å²) in [6, 6.07) is 3.77. The topological polar surface area (TPSA) is 46.5 Å². The summed E-state index contributed by atoms with van der Waals surface area (Å²) < 4.78 is 4.72. The third-order valence-corrected chi connectivity index (χ3v) is 2.82. The largest absolute Gasteiger partial charge is 0.465 e. The molecule has 0 heterocycles. The Bertz CT molecular complexity index is 396. The SMILES string of the molecule is COC(=O)c1cc(C(C)CO)c(C)cc1C. The molecule has 0 aliphatic heterocycles. The number of aryl methyl sites for hydroxylation is 2. The van der Waals surface area contributed by atoms with Crippen LogP contribution in [0.15, 0.2) is 12.1 Å². The first kappa shape index (κ1) is 12.7. The lowest BCUT2D eigenvalue weighted by Crippen LogP contribution is -2.08. The Morgan fingerprint density at radius 2 is 2.00 bits per heavy atom. The van der Waals surface area contributed by atoms with Crippen LogP contribution in [0.2, 0.25) is 0 Å². The Labute approximate surface area is 96.1 Å². The summed E-state index contributed by atoms with van der Waals surface area (Å²) >= 11 is 0. The van der Waals surface area contributed by atoms with E-state index in [0.29, 0.717) is 5.56 Å². The zero-order valence-corrected chi connectivity index (χ0v) is 10.2. The number of hydrogen-bond acceptors (Lipinski definition) is 3. The number of benzene rings is 1. The molecule has 1 atom stereocenters. The van der Waals surface area contributed by atoms with Gasteiger partial charge in [-0.1, -0.05) is 13.0 Å². The molecule has 1 aromatic rings. The summed E-state index contributed by atoms with van der Waals surface area (Å²) in [5.74, 6) is -0.298. The Hall–Kier alpha value is -1.35. The maximum Gasteiger partial charge on any atom is 0.338 e. The molecule has 3 nitrogen and oxygen atoms in total. The number of carbonyl (C=O) groups is 1. The van der Waals surface area contributed by atoms with Gasteiger partial charge in [0, 0.05) is 12.5 Å². The van der Waals surface area contributed by atoms with E-state index in [0.717, 1.165) is 16.7 Å². The van der Waals surface area contributed by atoms with Gasteiger partial charge in [-0.2, -0.15) is 0 Å². The number of carbonyl (C=O) groups excluding carboxylic acids is 1. The van der Waals surface area contributed by atoms with Gasteiger partial charge in [0.1, 0.15) is 0 Å². The summed E-state index contributed by atoms with van der Waals surface area (Å²) in [5, 5.41) is 9.15. The van der Waals surface area contributed by atoms with Gasteiger partial charge in [0.25, 0.3) is 0 Å². The molecule has 0 saturated heterocycles. The standard InChI is InChI=1S/C13H18O3/c1-8-5-9(2)12(13(15)16-4)6-11(8)10(3)7-14/h5-6,10,14H,7H2,1-4H3. The van der Waals surface area contributed by atoms with Crippen LogP contribution >= 0.6 is 0 Å². The molecule has 0 fully saturated rings. The molecule has 0 spiro atoms. The molecular formula is C13H18O3. The van der Waals surface area contributed by atoms with Crippen molar-refractivity contribution in [1.82, 2.24) is 0 Å². The maximum absolute atomic E-state index is 11.5. The monoisotopic (exact) mass is 222 g/mol. The van der Waals surface area contributed by atoms with Gasteiger partial charge in [0.15, 0.2) is 0 Å². The lowest BCUT2D eigenvalue weighted by molar-refractivity contribution is 0.0599. The second-order valence-electron chi connectivity index (χ2n) is 4.10. The van der Waals surface area contributed by atoms with E-state index in [4.69, 9.17) is 9.84 Å². The van der Waals surface area contributed by atoms with Gasteiger partial charge in [0.2, 0.25) is 0 Å². The van der Waals surface area contributed by atoms with Crippen LogP contribution in [0.5, 0.6) is 0 Å². The predicted octanol–water partition coefficient (Wildman–Crippen LogP) is 2.19.